The minimum Gasteiger partial charge on any atom is -0.271 e. The number of halogens is 1. The van der Waals surface area contributed by atoms with E-state index >= 15 is 0 Å². The normalized spacial score (nSPS) is 12.6. The Balaban J connectivity index is 2.23. The molecule has 0 radical (unpaired) electrons. The minimum atomic E-state index is 0.0427. The molecule has 0 saturated carbocycles. The lowest BCUT2D eigenvalue weighted by atomic mass is 10.0. The third kappa shape index (κ3) is 3.48. The van der Waals surface area contributed by atoms with Crippen LogP contribution in [0.2, 0.25) is 0 Å². The van der Waals surface area contributed by atoms with Crippen molar-refractivity contribution in [1.82, 2.24) is 15.2 Å². The summed E-state index contributed by atoms with van der Waals surface area (Å²) >= 11 is 3.57. The van der Waals surface area contributed by atoms with Crippen molar-refractivity contribution in [3.05, 3.63) is 51.8 Å². The second-order valence-electron chi connectivity index (χ2n) is 5.01. The largest absolute Gasteiger partial charge is 0.271 e. The molecule has 0 aliphatic heterocycles. The summed E-state index contributed by atoms with van der Waals surface area (Å²) in [6.07, 6.45) is 3.72. The van der Waals surface area contributed by atoms with E-state index in [2.05, 4.69) is 64.6 Å². The van der Waals surface area contributed by atoms with E-state index in [1.54, 1.807) is 0 Å². The highest BCUT2D eigenvalue weighted by Gasteiger charge is 2.19. The molecular formula is C15H21BrN4. The zero-order valence-electron chi connectivity index (χ0n) is 11.9. The zero-order chi connectivity index (χ0) is 14.5. The average molecular weight is 337 g/mol. The molecule has 0 aliphatic rings. The van der Waals surface area contributed by atoms with E-state index in [1.807, 2.05) is 10.9 Å². The standard InChI is InChI=1S/C15H21BrN4/c1-3-8-20-15(13(16)10-18-20)14(19-17)9-12-6-4-11(2)5-7-12/h4-7,10,14,19H,3,8-9,17H2,1-2H3. The fraction of sp³-hybridized carbons (Fsp3) is 0.400. The van der Waals surface area contributed by atoms with Crippen LogP contribution < -0.4 is 11.3 Å². The van der Waals surface area contributed by atoms with Crippen LogP contribution in [0, 0.1) is 6.92 Å². The van der Waals surface area contributed by atoms with E-state index in [-0.39, 0.29) is 6.04 Å². The van der Waals surface area contributed by atoms with Crippen molar-refractivity contribution in [3.63, 3.8) is 0 Å². The summed E-state index contributed by atoms with van der Waals surface area (Å²) in [4.78, 5) is 0. The first-order valence-corrected chi connectivity index (χ1v) is 7.67. The first-order chi connectivity index (χ1) is 9.65. The van der Waals surface area contributed by atoms with Crippen LogP contribution in [0.5, 0.6) is 0 Å². The predicted molar refractivity (Wildman–Crippen MR) is 85.2 cm³/mol. The van der Waals surface area contributed by atoms with Crippen LogP contribution in [0.25, 0.3) is 0 Å². The second-order valence-corrected chi connectivity index (χ2v) is 5.86. The van der Waals surface area contributed by atoms with Gasteiger partial charge in [-0.15, -0.1) is 0 Å². The summed E-state index contributed by atoms with van der Waals surface area (Å²) in [5.74, 6) is 5.76. The zero-order valence-corrected chi connectivity index (χ0v) is 13.5. The van der Waals surface area contributed by atoms with E-state index in [9.17, 15) is 0 Å². The van der Waals surface area contributed by atoms with Gasteiger partial charge < -0.3 is 0 Å². The highest BCUT2D eigenvalue weighted by Crippen LogP contribution is 2.26. The van der Waals surface area contributed by atoms with Crippen molar-refractivity contribution in [2.75, 3.05) is 0 Å². The maximum absolute atomic E-state index is 5.76. The van der Waals surface area contributed by atoms with E-state index in [0.29, 0.717) is 0 Å². The molecule has 0 aliphatic carbocycles. The molecule has 108 valence electrons. The molecular weight excluding hydrogens is 316 g/mol. The molecule has 2 aromatic rings. The lowest BCUT2D eigenvalue weighted by molar-refractivity contribution is 0.476. The van der Waals surface area contributed by atoms with Crippen molar-refractivity contribution in [1.29, 1.82) is 0 Å². The van der Waals surface area contributed by atoms with Crippen molar-refractivity contribution in [3.8, 4) is 0 Å². The van der Waals surface area contributed by atoms with Crippen LogP contribution in [0.4, 0.5) is 0 Å². The van der Waals surface area contributed by atoms with Crippen LogP contribution in [0.3, 0.4) is 0 Å². The van der Waals surface area contributed by atoms with Gasteiger partial charge in [-0.2, -0.15) is 5.10 Å². The molecule has 1 atom stereocenters. The molecule has 20 heavy (non-hydrogen) atoms. The summed E-state index contributed by atoms with van der Waals surface area (Å²) in [7, 11) is 0. The maximum atomic E-state index is 5.76. The number of hydrogen-bond donors (Lipinski definition) is 2. The SMILES string of the molecule is CCCn1ncc(Br)c1C(Cc1ccc(C)cc1)NN. The Morgan fingerprint density at radius 1 is 1.35 bits per heavy atom. The summed E-state index contributed by atoms with van der Waals surface area (Å²) in [5.41, 5.74) is 6.55. The Hall–Kier alpha value is -1.17. The van der Waals surface area contributed by atoms with Gasteiger partial charge >= 0.3 is 0 Å². The number of aryl methyl sites for hydroxylation is 2. The first kappa shape index (κ1) is 15.2. The quantitative estimate of drug-likeness (QED) is 0.629. The summed E-state index contributed by atoms with van der Waals surface area (Å²) < 4.78 is 3.02. The van der Waals surface area contributed by atoms with E-state index in [0.717, 1.165) is 29.6 Å². The third-order valence-electron chi connectivity index (χ3n) is 3.36. The number of rotatable bonds is 6. The van der Waals surface area contributed by atoms with Gasteiger partial charge in [0.05, 0.1) is 22.4 Å². The summed E-state index contributed by atoms with van der Waals surface area (Å²) in [5, 5.41) is 4.40. The van der Waals surface area contributed by atoms with Gasteiger partial charge in [0.1, 0.15) is 0 Å². The molecule has 4 nitrogen and oxygen atoms in total. The van der Waals surface area contributed by atoms with Gasteiger partial charge in [0.25, 0.3) is 0 Å². The van der Waals surface area contributed by atoms with E-state index in [1.165, 1.54) is 11.1 Å². The molecule has 0 bridgehead atoms. The number of nitrogens with zero attached hydrogens (tertiary/aromatic N) is 2. The van der Waals surface area contributed by atoms with E-state index in [4.69, 9.17) is 5.84 Å². The lowest BCUT2D eigenvalue weighted by Gasteiger charge is -2.18. The van der Waals surface area contributed by atoms with Crippen LogP contribution in [-0.2, 0) is 13.0 Å². The van der Waals surface area contributed by atoms with Crippen LogP contribution in [0.15, 0.2) is 34.9 Å². The van der Waals surface area contributed by atoms with Gasteiger partial charge in [-0.25, -0.2) is 0 Å². The molecule has 0 amide bonds. The topological polar surface area (TPSA) is 55.9 Å². The molecule has 1 aromatic heterocycles. The number of hydrazine groups is 1. The Labute approximate surface area is 128 Å². The molecule has 1 heterocycles. The van der Waals surface area contributed by atoms with E-state index < -0.39 is 0 Å². The lowest BCUT2D eigenvalue weighted by Crippen LogP contribution is -2.31. The van der Waals surface area contributed by atoms with Gasteiger partial charge in [0, 0.05) is 6.54 Å². The van der Waals surface area contributed by atoms with Crippen molar-refractivity contribution >= 4 is 15.9 Å². The van der Waals surface area contributed by atoms with Gasteiger partial charge in [-0.05, 0) is 41.3 Å². The number of nitrogens with one attached hydrogen (secondary N) is 1. The molecule has 1 aromatic carbocycles. The summed E-state index contributed by atoms with van der Waals surface area (Å²) in [6.45, 7) is 5.13. The second kappa shape index (κ2) is 7.02. The maximum Gasteiger partial charge on any atom is 0.0712 e. The Kier molecular flexibility index (Phi) is 5.34. The van der Waals surface area contributed by atoms with Crippen molar-refractivity contribution in [2.24, 2.45) is 5.84 Å². The highest BCUT2D eigenvalue weighted by atomic mass is 79.9. The van der Waals surface area contributed by atoms with Crippen molar-refractivity contribution < 1.29 is 0 Å². The molecule has 0 spiro atoms. The van der Waals surface area contributed by atoms with Gasteiger partial charge in [0.15, 0.2) is 0 Å². The number of hydrogen-bond acceptors (Lipinski definition) is 3. The monoisotopic (exact) mass is 336 g/mol. The smallest absolute Gasteiger partial charge is 0.0712 e. The van der Waals surface area contributed by atoms with Crippen LogP contribution in [0.1, 0.15) is 36.2 Å². The number of aromatic nitrogens is 2. The Morgan fingerprint density at radius 2 is 2.05 bits per heavy atom. The molecule has 0 saturated heterocycles. The van der Waals surface area contributed by atoms with Gasteiger partial charge in [-0.3, -0.25) is 16.0 Å². The Morgan fingerprint density at radius 3 is 2.65 bits per heavy atom. The van der Waals surface area contributed by atoms with Crippen molar-refractivity contribution in [2.45, 2.75) is 39.3 Å². The van der Waals surface area contributed by atoms with Crippen LogP contribution in [-0.4, -0.2) is 9.78 Å². The molecule has 2 rings (SSSR count). The van der Waals surface area contributed by atoms with Gasteiger partial charge in [0.2, 0.25) is 0 Å². The fourth-order valence-electron chi connectivity index (χ4n) is 2.30. The minimum absolute atomic E-state index is 0.0427. The first-order valence-electron chi connectivity index (χ1n) is 6.88. The third-order valence-corrected chi connectivity index (χ3v) is 3.97. The summed E-state index contributed by atoms with van der Waals surface area (Å²) in [6, 6.07) is 8.59. The van der Waals surface area contributed by atoms with Gasteiger partial charge in [-0.1, -0.05) is 36.8 Å². The molecule has 3 N–H and O–H groups in total. The molecule has 0 fully saturated rings. The average Bonchev–Trinajstić information content (AvgIpc) is 2.80. The molecule has 1 unspecified atom stereocenters. The number of nitrogens with two attached hydrogens (primary N) is 1. The van der Waals surface area contributed by atoms with Crippen LogP contribution >= 0.6 is 15.9 Å². The Bertz CT molecular complexity index is 548. The highest BCUT2D eigenvalue weighted by molar-refractivity contribution is 9.10. The number of benzene rings is 1. The predicted octanol–water partition coefficient (Wildman–Crippen LogP) is 3.11. The fourth-order valence-corrected chi connectivity index (χ4v) is 2.88. The molecule has 5 heteroatoms.